The van der Waals surface area contributed by atoms with Crippen molar-refractivity contribution >= 4 is 11.8 Å². The third kappa shape index (κ3) is 4.57. The molecule has 2 aliphatic rings. The zero-order valence-corrected chi connectivity index (χ0v) is 16.7. The summed E-state index contributed by atoms with van der Waals surface area (Å²) in [6.07, 6.45) is 2.43. The Hall–Kier alpha value is -2.92. The molecule has 0 spiro atoms. The number of hydrogen-bond donors (Lipinski definition) is 1. The largest absolute Gasteiger partial charge is 0.354 e. The quantitative estimate of drug-likeness (QED) is 0.694. The van der Waals surface area contributed by atoms with Crippen molar-refractivity contribution in [2.24, 2.45) is 0 Å². The molecule has 5 rings (SSSR count). The first-order valence-corrected chi connectivity index (χ1v) is 10.6. The topological polar surface area (TPSA) is 44.3 Å². The van der Waals surface area contributed by atoms with E-state index in [4.69, 9.17) is 9.97 Å². The van der Waals surface area contributed by atoms with Gasteiger partial charge in [0.1, 0.15) is 5.82 Å². The van der Waals surface area contributed by atoms with Gasteiger partial charge in [0.2, 0.25) is 5.95 Å². The van der Waals surface area contributed by atoms with E-state index in [0.29, 0.717) is 6.04 Å². The zero-order chi connectivity index (χ0) is 19.5. The predicted molar refractivity (Wildman–Crippen MR) is 118 cm³/mol. The normalized spacial score (nSPS) is 17.3. The highest BCUT2D eigenvalue weighted by Crippen LogP contribution is 2.28. The molecule has 1 aliphatic heterocycles. The number of benzene rings is 2. The lowest BCUT2D eigenvalue weighted by Gasteiger charge is -2.35. The van der Waals surface area contributed by atoms with Gasteiger partial charge >= 0.3 is 0 Å². The fraction of sp³-hybridized carbons (Fsp3) is 0.333. The van der Waals surface area contributed by atoms with Crippen LogP contribution < -0.4 is 10.2 Å². The van der Waals surface area contributed by atoms with Gasteiger partial charge in [-0.2, -0.15) is 4.98 Å². The van der Waals surface area contributed by atoms with Crippen LogP contribution in [0.3, 0.4) is 0 Å². The summed E-state index contributed by atoms with van der Waals surface area (Å²) < 4.78 is 0. The first kappa shape index (κ1) is 18.1. The summed E-state index contributed by atoms with van der Waals surface area (Å²) in [5.41, 5.74) is 3.51. The van der Waals surface area contributed by atoms with Crippen molar-refractivity contribution in [2.45, 2.75) is 25.4 Å². The van der Waals surface area contributed by atoms with E-state index < -0.39 is 0 Å². The van der Waals surface area contributed by atoms with Gasteiger partial charge in [0.05, 0.1) is 5.69 Å². The van der Waals surface area contributed by atoms with Crippen molar-refractivity contribution in [3.05, 3.63) is 72.3 Å². The minimum atomic E-state index is 0.539. The number of nitrogens with one attached hydrogen (secondary N) is 1. The summed E-state index contributed by atoms with van der Waals surface area (Å²) in [4.78, 5) is 14.6. The van der Waals surface area contributed by atoms with E-state index in [1.165, 1.54) is 18.4 Å². The summed E-state index contributed by atoms with van der Waals surface area (Å²) in [6, 6.07) is 23.8. The van der Waals surface area contributed by atoms with Crippen LogP contribution >= 0.6 is 0 Å². The van der Waals surface area contributed by atoms with Crippen LogP contribution in [0.2, 0.25) is 0 Å². The Bertz CT molecular complexity index is 932. The first-order chi connectivity index (χ1) is 14.3. The van der Waals surface area contributed by atoms with Gasteiger partial charge in [0.15, 0.2) is 0 Å². The van der Waals surface area contributed by atoms with Crippen LogP contribution in [0, 0.1) is 0 Å². The smallest absolute Gasteiger partial charge is 0.225 e. The number of rotatable bonds is 6. The molecule has 2 heterocycles. The van der Waals surface area contributed by atoms with Crippen LogP contribution in [-0.2, 0) is 6.54 Å². The molecule has 5 nitrogen and oxygen atoms in total. The Morgan fingerprint density at radius 2 is 1.52 bits per heavy atom. The average molecular weight is 386 g/mol. The SMILES string of the molecule is c1ccc(CN2CCN(c3cc(-c4ccccc4)nc(NC4CC4)n3)CC2)cc1. The monoisotopic (exact) mass is 385 g/mol. The highest BCUT2D eigenvalue weighted by molar-refractivity contribution is 5.65. The standard InChI is InChI=1S/C24H27N5/c1-3-7-19(8-4-1)18-28-13-15-29(16-14-28)23-17-22(20-9-5-2-6-10-20)26-24(27-23)25-21-11-12-21/h1-10,17,21H,11-16,18H2,(H,25,26,27). The molecule has 1 saturated heterocycles. The second kappa shape index (κ2) is 8.21. The van der Waals surface area contributed by atoms with Crippen molar-refractivity contribution in [1.29, 1.82) is 0 Å². The molecule has 0 bridgehead atoms. The van der Waals surface area contributed by atoms with Crippen molar-refractivity contribution < 1.29 is 0 Å². The Labute approximate surface area is 172 Å². The molecule has 0 amide bonds. The first-order valence-electron chi connectivity index (χ1n) is 10.6. The minimum absolute atomic E-state index is 0.539. The van der Waals surface area contributed by atoms with Gasteiger partial charge in [-0.25, -0.2) is 4.98 Å². The fourth-order valence-electron chi connectivity index (χ4n) is 3.80. The molecular formula is C24H27N5. The van der Waals surface area contributed by atoms with Crippen LogP contribution in [0.15, 0.2) is 66.7 Å². The molecule has 1 N–H and O–H groups in total. The Morgan fingerprint density at radius 1 is 0.828 bits per heavy atom. The van der Waals surface area contributed by atoms with Crippen LogP contribution in [0.25, 0.3) is 11.3 Å². The van der Waals surface area contributed by atoms with E-state index >= 15 is 0 Å². The average Bonchev–Trinajstić information content (AvgIpc) is 3.59. The minimum Gasteiger partial charge on any atom is -0.354 e. The summed E-state index contributed by atoms with van der Waals surface area (Å²) in [5.74, 6) is 1.79. The summed E-state index contributed by atoms with van der Waals surface area (Å²) in [5, 5.41) is 3.49. The molecule has 148 valence electrons. The highest BCUT2D eigenvalue weighted by atomic mass is 15.3. The second-order valence-corrected chi connectivity index (χ2v) is 7.97. The highest BCUT2D eigenvalue weighted by Gasteiger charge is 2.24. The van der Waals surface area contributed by atoms with Crippen molar-refractivity contribution in [1.82, 2.24) is 14.9 Å². The van der Waals surface area contributed by atoms with Crippen LogP contribution in [0.1, 0.15) is 18.4 Å². The van der Waals surface area contributed by atoms with Crippen molar-refractivity contribution in [3.63, 3.8) is 0 Å². The van der Waals surface area contributed by atoms with Gasteiger partial charge in [-0.3, -0.25) is 4.90 Å². The molecule has 0 unspecified atom stereocenters. The third-order valence-electron chi connectivity index (χ3n) is 5.64. The van der Waals surface area contributed by atoms with Crippen molar-refractivity contribution in [2.75, 3.05) is 36.4 Å². The van der Waals surface area contributed by atoms with E-state index in [1.807, 2.05) is 6.07 Å². The van der Waals surface area contributed by atoms with E-state index in [0.717, 1.165) is 55.7 Å². The third-order valence-corrected chi connectivity index (χ3v) is 5.64. The van der Waals surface area contributed by atoms with Crippen LogP contribution in [0.5, 0.6) is 0 Å². The van der Waals surface area contributed by atoms with E-state index in [9.17, 15) is 0 Å². The number of anilines is 2. The lowest BCUT2D eigenvalue weighted by molar-refractivity contribution is 0.249. The molecule has 2 fully saturated rings. The molecule has 0 radical (unpaired) electrons. The van der Waals surface area contributed by atoms with E-state index in [2.05, 4.69) is 75.8 Å². The lowest BCUT2D eigenvalue weighted by atomic mass is 10.1. The predicted octanol–water partition coefficient (Wildman–Crippen LogP) is 4.04. The van der Waals surface area contributed by atoms with Crippen LogP contribution in [-0.4, -0.2) is 47.1 Å². The van der Waals surface area contributed by atoms with Gasteiger partial charge in [0, 0.05) is 50.4 Å². The maximum Gasteiger partial charge on any atom is 0.225 e. The van der Waals surface area contributed by atoms with Crippen LogP contribution in [0.4, 0.5) is 11.8 Å². The van der Waals surface area contributed by atoms with Gasteiger partial charge in [-0.1, -0.05) is 60.7 Å². The maximum atomic E-state index is 4.86. The molecule has 29 heavy (non-hydrogen) atoms. The Balaban J connectivity index is 1.32. The van der Waals surface area contributed by atoms with E-state index in [1.54, 1.807) is 0 Å². The molecule has 0 atom stereocenters. The lowest BCUT2D eigenvalue weighted by Crippen LogP contribution is -2.46. The Morgan fingerprint density at radius 3 is 2.21 bits per heavy atom. The molecule has 5 heteroatoms. The number of piperazine rings is 1. The number of nitrogens with zero attached hydrogens (tertiary/aromatic N) is 4. The van der Waals surface area contributed by atoms with E-state index in [-0.39, 0.29) is 0 Å². The Kier molecular flexibility index (Phi) is 5.13. The van der Waals surface area contributed by atoms with Gasteiger partial charge in [-0.15, -0.1) is 0 Å². The number of hydrogen-bond acceptors (Lipinski definition) is 5. The summed E-state index contributed by atoms with van der Waals surface area (Å²) >= 11 is 0. The fourth-order valence-corrected chi connectivity index (χ4v) is 3.80. The molecule has 1 saturated carbocycles. The molecule has 1 aromatic heterocycles. The molecule has 2 aromatic carbocycles. The van der Waals surface area contributed by atoms with Gasteiger partial charge in [0.25, 0.3) is 0 Å². The summed E-state index contributed by atoms with van der Waals surface area (Å²) in [7, 11) is 0. The maximum absolute atomic E-state index is 4.86. The van der Waals surface area contributed by atoms with Gasteiger partial charge in [-0.05, 0) is 18.4 Å². The molecule has 1 aliphatic carbocycles. The second-order valence-electron chi connectivity index (χ2n) is 7.97. The number of aromatic nitrogens is 2. The van der Waals surface area contributed by atoms with Crippen molar-refractivity contribution in [3.8, 4) is 11.3 Å². The zero-order valence-electron chi connectivity index (χ0n) is 16.7. The van der Waals surface area contributed by atoms with Gasteiger partial charge < -0.3 is 10.2 Å². The molecule has 3 aromatic rings. The summed E-state index contributed by atoms with van der Waals surface area (Å²) in [6.45, 7) is 5.08. The molecular weight excluding hydrogens is 358 g/mol.